The van der Waals surface area contributed by atoms with Gasteiger partial charge >= 0.3 is 5.97 Å². The van der Waals surface area contributed by atoms with Crippen molar-refractivity contribution in [3.8, 4) is 0 Å². The topological polar surface area (TPSA) is 128 Å². The summed E-state index contributed by atoms with van der Waals surface area (Å²) in [6, 6.07) is 5.82. The number of carboxylic acid groups (broad SMARTS) is 1. The number of hydrogen-bond acceptors (Lipinski definition) is 3. The average molecular weight is 306 g/mol. The Kier molecular flexibility index (Phi) is 6.88. The smallest absolute Gasteiger partial charge is 0.326 e. The molecule has 0 radical (unpaired) electrons. The van der Waals surface area contributed by atoms with Crippen LogP contribution in [-0.2, 0) is 11.3 Å². The number of nitrogens with two attached hydrogens (primary N) is 1. The SMILES string of the molecule is CCCCC(NC(=O)c1ccc(CNC(=N)N)cc1)C(=O)O. The third-order valence-electron chi connectivity index (χ3n) is 3.15. The molecule has 1 amide bonds. The number of nitrogens with one attached hydrogen (secondary N) is 3. The lowest BCUT2D eigenvalue weighted by Crippen LogP contribution is -2.40. The minimum absolute atomic E-state index is 0.123. The average Bonchev–Trinajstić information content (AvgIpc) is 2.49. The molecule has 1 unspecified atom stereocenters. The first-order valence-corrected chi connectivity index (χ1v) is 7.14. The summed E-state index contributed by atoms with van der Waals surface area (Å²) in [4.78, 5) is 23.2. The van der Waals surface area contributed by atoms with Crippen molar-refractivity contribution < 1.29 is 14.7 Å². The number of unbranched alkanes of at least 4 members (excludes halogenated alkanes) is 1. The van der Waals surface area contributed by atoms with Crippen LogP contribution in [0.5, 0.6) is 0 Å². The molecule has 22 heavy (non-hydrogen) atoms. The molecule has 0 bridgehead atoms. The maximum atomic E-state index is 12.1. The first kappa shape index (κ1) is 17.5. The van der Waals surface area contributed by atoms with Crippen molar-refractivity contribution in [2.75, 3.05) is 0 Å². The molecule has 7 nitrogen and oxygen atoms in total. The van der Waals surface area contributed by atoms with E-state index in [1.54, 1.807) is 24.3 Å². The second-order valence-electron chi connectivity index (χ2n) is 4.97. The van der Waals surface area contributed by atoms with Gasteiger partial charge in [-0.3, -0.25) is 10.2 Å². The molecule has 0 heterocycles. The molecule has 0 aliphatic carbocycles. The van der Waals surface area contributed by atoms with Crippen LogP contribution in [-0.4, -0.2) is 29.0 Å². The highest BCUT2D eigenvalue weighted by Crippen LogP contribution is 2.07. The molecular weight excluding hydrogens is 284 g/mol. The van der Waals surface area contributed by atoms with Gasteiger partial charge in [-0.05, 0) is 24.1 Å². The molecule has 0 saturated carbocycles. The van der Waals surface area contributed by atoms with Gasteiger partial charge in [0, 0.05) is 12.1 Å². The van der Waals surface area contributed by atoms with E-state index in [1.807, 2.05) is 6.92 Å². The molecule has 0 fully saturated rings. The summed E-state index contributed by atoms with van der Waals surface area (Å²) < 4.78 is 0. The van der Waals surface area contributed by atoms with Crippen molar-refractivity contribution in [2.45, 2.75) is 38.8 Å². The monoisotopic (exact) mass is 306 g/mol. The number of hydrogen-bond donors (Lipinski definition) is 5. The lowest BCUT2D eigenvalue weighted by atomic mass is 10.1. The Balaban J connectivity index is 2.64. The molecular formula is C15H22N4O3. The van der Waals surface area contributed by atoms with E-state index in [2.05, 4.69) is 10.6 Å². The summed E-state index contributed by atoms with van der Waals surface area (Å²) >= 11 is 0. The molecule has 0 aliphatic heterocycles. The fraction of sp³-hybridized carbons (Fsp3) is 0.400. The normalized spacial score (nSPS) is 11.5. The number of carbonyl (C=O) groups excluding carboxylic acids is 1. The van der Waals surface area contributed by atoms with E-state index in [4.69, 9.17) is 16.2 Å². The van der Waals surface area contributed by atoms with Gasteiger partial charge in [0.15, 0.2) is 5.96 Å². The highest BCUT2D eigenvalue weighted by molar-refractivity contribution is 5.96. The maximum absolute atomic E-state index is 12.1. The lowest BCUT2D eigenvalue weighted by molar-refractivity contribution is -0.139. The van der Waals surface area contributed by atoms with Crippen LogP contribution in [0.25, 0.3) is 0 Å². The van der Waals surface area contributed by atoms with Crippen LogP contribution in [0, 0.1) is 5.41 Å². The van der Waals surface area contributed by atoms with Crippen molar-refractivity contribution in [1.82, 2.24) is 10.6 Å². The second-order valence-corrected chi connectivity index (χ2v) is 4.97. The molecule has 1 rings (SSSR count). The van der Waals surface area contributed by atoms with Gasteiger partial charge in [0.2, 0.25) is 0 Å². The fourth-order valence-corrected chi connectivity index (χ4v) is 1.88. The highest BCUT2D eigenvalue weighted by atomic mass is 16.4. The Morgan fingerprint density at radius 3 is 2.45 bits per heavy atom. The van der Waals surface area contributed by atoms with E-state index in [0.717, 1.165) is 18.4 Å². The van der Waals surface area contributed by atoms with Gasteiger partial charge in [0.25, 0.3) is 5.91 Å². The molecule has 7 heteroatoms. The van der Waals surface area contributed by atoms with Gasteiger partial charge in [-0.25, -0.2) is 4.79 Å². The van der Waals surface area contributed by atoms with Crippen molar-refractivity contribution in [2.24, 2.45) is 5.73 Å². The number of aliphatic carboxylic acids is 1. The van der Waals surface area contributed by atoms with Gasteiger partial charge in [-0.15, -0.1) is 0 Å². The number of amides is 1. The third kappa shape index (κ3) is 5.82. The van der Waals surface area contributed by atoms with E-state index in [0.29, 0.717) is 18.5 Å². The number of carbonyl (C=O) groups is 2. The standard InChI is InChI=1S/C15H22N4O3/c1-2-3-4-12(14(21)22)19-13(20)11-7-5-10(6-8-11)9-18-15(16)17/h5-8,12H,2-4,9H2,1H3,(H,19,20)(H,21,22)(H4,16,17,18). The van der Waals surface area contributed by atoms with Crippen LogP contribution in [0.4, 0.5) is 0 Å². The third-order valence-corrected chi connectivity index (χ3v) is 3.15. The minimum Gasteiger partial charge on any atom is -0.480 e. The van der Waals surface area contributed by atoms with E-state index in [1.165, 1.54) is 0 Å². The Labute approximate surface area is 129 Å². The van der Waals surface area contributed by atoms with Gasteiger partial charge in [-0.1, -0.05) is 31.9 Å². The van der Waals surface area contributed by atoms with E-state index >= 15 is 0 Å². The Morgan fingerprint density at radius 2 is 1.95 bits per heavy atom. The number of carboxylic acids is 1. The largest absolute Gasteiger partial charge is 0.480 e. The van der Waals surface area contributed by atoms with Crippen LogP contribution in [0.2, 0.25) is 0 Å². The maximum Gasteiger partial charge on any atom is 0.326 e. The van der Waals surface area contributed by atoms with Gasteiger partial charge in [0.05, 0.1) is 0 Å². The van der Waals surface area contributed by atoms with Gasteiger partial charge in [0.1, 0.15) is 6.04 Å². The fourth-order valence-electron chi connectivity index (χ4n) is 1.88. The van der Waals surface area contributed by atoms with Crippen molar-refractivity contribution in [3.63, 3.8) is 0 Å². The van der Waals surface area contributed by atoms with E-state index < -0.39 is 17.9 Å². The quantitative estimate of drug-likeness (QED) is 0.362. The van der Waals surface area contributed by atoms with Gasteiger partial charge < -0.3 is 21.5 Å². The first-order valence-electron chi connectivity index (χ1n) is 7.14. The van der Waals surface area contributed by atoms with Gasteiger partial charge in [-0.2, -0.15) is 0 Å². The minimum atomic E-state index is -1.02. The van der Waals surface area contributed by atoms with Crippen molar-refractivity contribution in [1.29, 1.82) is 5.41 Å². The number of benzene rings is 1. The molecule has 0 aromatic heterocycles. The Bertz CT molecular complexity index is 528. The first-order chi connectivity index (χ1) is 10.4. The molecule has 120 valence electrons. The van der Waals surface area contributed by atoms with Crippen LogP contribution < -0.4 is 16.4 Å². The zero-order valence-electron chi connectivity index (χ0n) is 12.6. The second kappa shape index (κ2) is 8.66. The van der Waals surface area contributed by atoms with Crippen LogP contribution in [0.1, 0.15) is 42.1 Å². The molecule has 1 atom stereocenters. The summed E-state index contributed by atoms with van der Waals surface area (Å²) in [7, 11) is 0. The molecule has 1 aromatic rings. The Hall–Kier alpha value is -2.57. The summed E-state index contributed by atoms with van der Waals surface area (Å²) in [5.41, 5.74) is 6.46. The summed E-state index contributed by atoms with van der Waals surface area (Å²) in [6.45, 7) is 2.36. The zero-order chi connectivity index (χ0) is 16.5. The summed E-state index contributed by atoms with van der Waals surface area (Å²) in [6.07, 6.45) is 2.03. The molecule has 0 aliphatic rings. The molecule has 6 N–H and O–H groups in total. The predicted molar refractivity (Wildman–Crippen MR) is 83.6 cm³/mol. The molecule has 0 saturated heterocycles. The zero-order valence-corrected chi connectivity index (χ0v) is 12.6. The van der Waals surface area contributed by atoms with Crippen molar-refractivity contribution >= 4 is 17.8 Å². The van der Waals surface area contributed by atoms with Crippen LogP contribution in [0.3, 0.4) is 0 Å². The van der Waals surface area contributed by atoms with Crippen molar-refractivity contribution in [3.05, 3.63) is 35.4 Å². The van der Waals surface area contributed by atoms with Crippen LogP contribution in [0.15, 0.2) is 24.3 Å². The van der Waals surface area contributed by atoms with E-state index in [-0.39, 0.29) is 5.96 Å². The Morgan fingerprint density at radius 1 is 1.32 bits per heavy atom. The van der Waals surface area contributed by atoms with E-state index in [9.17, 15) is 9.59 Å². The molecule has 1 aromatic carbocycles. The summed E-state index contributed by atoms with van der Waals surface area (Å²) in [5, 5.41) is 21.4. The lowest BCUT2D eigenvalue weighted by Gasteiger charge is -2.14. The van der Waals surface area contributed by atoms with Crippen LogP contribution >= 0.6 is 0 Å². The number of guanidine groups is 1. The molecule has 0 spiro atoms. The summed E-state index contributed by atoms with van der Waals surface area (Å²) in [5.74, 6) is -1.55. The number of rotatable bonds is 8. The highest BCUT2D eigenvalue weighted by Gasteiger charge is 2.19. The predicted octanol–water partition coefficient (Wildman–Crippen LogP) is 1.04.